The maximum absolute atomic E-state index is 13.0. The van der Waals surface area contributed by atoms with Crippen LogP contribution in [0.2, 0.25) is 5.15 Å². The van der Waals surface area contributed by atoms with Gasteiger partial charge in [-0.25, -0.2) is 19.6 Å². The van der Waals surface area contributed by atoms with Crippen molar-refractivity contribution in [3.63, 3.8) is 0 Å². The highest BCUT2D eigenvalue weighted by molar-refractivity contribution is 7.22. The van der Waals surface area contributed by atoms with E-state index in [0.717, 1.165) is 15.2 Å². The highest BCUT2D eigenvalue weighted by Crippen LogP contribution is 2.34. The van der Waals surface area contributed by atoms with Gasteiger partial charge >= 0.3 is 12.2 Å². The standard InChI is InChI=1S/C24H27ClN4O5S/c1-13(30)27-20-28-16-9-8-14(11-18(16)35-20)15-10-17(19(25)26-12-15)29(21(31)33-23(2,3)4)22(32)34-24(5,6)7/h8-12H,1-7H3,(H,27,28,30). The fourth-order valence-electron chi connectivity index (χ4n) is 2.95. The van der Waals surface area contributed by atoms with Crippen LogP contribution in [0.3, 0.4) is 0 Å². The van der Waals surface area contributed by atoms with E-state index >= 15 is 0 Å². The van der Waals surface area contributed by atoms with Gasteiger partial charge in [-0.1, -0.05) is 29.0 Å². The number of ether oxygens (including phenoxy) is 2. The molecule has 0 aliphatic heterocycles. The maximum Gasteiger partial charge on any atom is 0.424 e. The van der Waals surface area contributed by atoms with Crippen LogP contribution in [-0.2, 0) is 14.3 Å². The van der Waals surface area contributed by atoms with E-state index in [9.17, 15) is 14.4 Å². The van der Waals surface area contributed by atoms with Crippen LogP contribution < -0.4 is 10.2 Å². The predicted octanol–water partition coefficient (Wildman–Crippen LogP) is 6.65. The summed E-state index contributed by atoms with van der Waals surface area (Å²) in [6, 6.07) is 7.07. The SMILES string of the molecule is CC(=O)Nc1nc2ccc(-c3cnc(Cl)c(N(C(=O)OC(C)(C)C)C(=O)OC(C)(C)C)c3)cc2s1. The molecular formula is C24H27ClN4O5S. The normalized spacial score (nSPS) is 11.8. The summed E-state index contributed by atoms with van der Waals surface area (Å²) in [5.41, 5.74) is 0.354. The second-order valence-electron chi connectivity index (χ2n) is 9.71. The highest BCUT2D eigenvalue weighted by Gasteiger charge is 2.34. The number of nitrogens with zero attached hydrogens (tertiary/aromatic N) is 3. The minimum atomic E-state index is -0.939. The lowest BCUT2D eigenvalue weighted by atomic mass is 10.1. The van der Waals surface area contributed by atoms with Gasteiger partial charge in [0.25, 0.3) is 0 Å². The zero-order chi connectivity index (χ0) is 26.1. The van der Waals surface area contributed by atoms with Crippen molar-refractivity contribution in [2.75, 3.05) is 10.2 Å². The summed E-state index contributed by atoms with van der Waals surface area (Å²) < 4.78 is 11.7. The van der Waals surface area contributed by atoms with E-state index in [-0.39, 0.29) is 16.7 Å². The number of hydrogen-bond donors (Lipinski definition) is 1. The van der Waals surface area contributed by atoms with E-state index in [4.69, 9.17) is 21.1 Å². The summed E-state index contributed by atoms with van der Waals surface area (Å²) in [7, 11) is 0. The van der Waals surface area contributed by atoms with Crippen molar-refractivity contribution in [3.05, 3.63) is 35.6 Å². The number of rotatable bonds is 3. The molecular weight excluding hydrogens is 492 g/mol. The van der Waals surface area contributed by atoms with Crippen LogP contribution in [0.1, 0.15) is 48.5 Å². The highest BCUT2D eigenvalue weighted by atomic mass is 35.5. The van der Waals surface area contributed by atoms with Crippen LogP contribution >= 0.6 is 22.9 Å². The maximum atomic E-state index is 13.0. The Kier molecular flexibility index (Phi) is 7.37. The summed E-state index contributed by atoms with van der Waals surface area (Å²) in [6.07, 6.45) is -0.346. The van der Waals surface area contributed by atoms with E-state index in [0.29, 0.717) is 16.2 Å². The smallest absolute Gasteiger partial charge is 0.424 e. The van der Waals surface area contributed by atoms with Gasteiger partial charge < -0.3 is 14.8 Å². The molecule has 3 rings (SSSR count). The molecule has 0 aliphatic rings. The Morgan fingerprint density at radius 3 is 2.11 bits per heavy atom. The molecule has 0 saturated carbocycles. The van der Waals surface area contributed by atoms with Gasteiger partial charge in [-0.3, -0.25) is 4.79 Å². The van der Waals surface area contributed by atoms with Crippen LogP contribution in [0.25, 0.3) is 21.3 Å². The van der Waals surface area contributed by atoms with Crippen molar-refractivity contribution in [2.24, 2.45) is 0 Å². The first-order valence-electron chi connectivity index (χ1n) is 10.7. The van der Waals surface area contributed by atoms with Crippen LogP contribution in [0, 0.1) is 0 Å². The third kappa shape index (κ3) is 6.89. The minimum Gasteiger partial charge on any atom is -0.443 e. The third-order valence-electron chi connectivity index (χ3n) is 4.22. The zero-order valence-electron chi connectivity index (χ0n) is 20.6. The summed E-state index contributed by atoms with van der Waals surface area (Å²) in [4.78, 5) is 46.7. The number of imide groups is 1. The zero-order valence-corrected chi connectivity index (χ0v) is 22.1. The molecule has 0 atom stereocenters. The summed E-state index contributed by atoms with van der Waals surface area (Å²) in [6.45, 7) is 11.5. The molecule has 9 nitrogen and oxygen atoms in total. The minimum absolute atomic E-state index is 0.0241. The molecule has 0 fully saturated rings. The first-order chi connectivity index (χ1) is 16.1. The fourth-order valence-corrected chi connectivity index (χ4v) is 4.08. The first-order valence-corrected chi connectivity index (χ1v) is 11.9. The van der Waals surface area contributed by atoms with E-state index in [1.54, 1.807) is 53.7 Å². The number of pyridine rings is 1. The Morgan fingerprint density at radius 1 is 0.971 bits per heavy atom. The van der Waals surface area contributed by atoms with Crippen LogP contribution in [0.5, 0.6) is 0 Å². The molecule has 1 N–H and O–H groups in total. The molecule has 2 aromatic heterocycles. The van der Waals surface area contributed by atoms with Gasteiger partial charge in [-0.2, -0.15) is 4.90 Å². The molecule has 0 spiro atoms. The second kappa shape index (κ2) is 9.79. The van der Waals surface area contributed by atoms with Crippen molar-refractivity contribution in [1.29, 1.82) is 0 Å². The Morgan fingerprint density at radius 2 is 1.57 bits per heavy atom. The monoisotopic (exact) mass is 518 g/mol. The molecule has 0 unspecified atom stereocenters. The second-order valence-corrected chi connectivity index (χ2v) is 11.1. The predicted molar refractivity (Wildman–Crippen MR) is 137 cm³/mol. The van der Waals surface area contributed by atoms with Gasteiger partial charge in [0.1, 0.15) is 11.2 Å². The Hall–Kier alpha value is -3.24. The summed E-state index contributed by atoms with van der Waals surface area (Å²) in [5, 5.41) is 3.09. The lowest BCUT2D eigenvalue weighted by Gasteiger charge is -2.29. The van der Waals surface area contributed by atoms with E-state index in [1.807, 2.05) is 12.1 Å². The topological polar surface area (TPSA) is 111 Å². The van der Waals surface area contributed by atoms with Crippen LogP contribution in [0.4, 0.5) is 20.4 Å². The Balaban J connectivity index is 2.06. The van der Waals surface area contributed by atoms with Crippen molar-refractivity contribution >= 4 is 62.1 Å². The van der Waals surface area contributed by atoms with E-state index in [1.165, 1.54) is 24.5 Å². The number of carbonyl (C=O) groups excluding carboxylic acids is 3. The van der Waals surface area contributed by atoms with Gasteiger partial charge in [-0.15, -0.1) is 0 Å². The molecule has 186 valence electrons. The van der Waals surface area contributed by atoms with Gasteiger partial charge in [0.15, 0.2) is 10.3 Å². The molecule has 1 aromatic carbocycles. The molecule has 0 saturated heterocycles. The molecule has 35 heavy (non-hydrogen) atoms. The number of halogens is 1. The van der Waals surface area contributed by atoms with Crippen molar-refractivity contribution in [3.8, 4) is 11.1 Å². The molecule has 0 radical (unpaired) electrons. The van der Waals surface area contributed by atoms with Crippen LogP contribution in [0.15, 0.2) is 30.5 Å². The number of carbonyl (C=O) groups is 3. The van der Waals surface area contributed by atoms with Gasteiger partial charge in [0.05, 0.1) is 15.9 Å². The number of hydrogen-bond acceptors (Lipinski definition) is 8. The van der Waals surface area contributed by atoms with Crippen LogP contribution in [-0.4, -0.2) is 39.3 Å². The van der Waals surface area contributed by atoms with Crippen molar-refractivity contribution in [1.82, 2.24) is 9.97 Å². The average molecular weight is 519 g/mol. The fraction of sp³-hybridized carbons (Fsp3) is 0.375. The number of benzene rings is 1. The molecule has 11 heteroatoms. The lowest BCUT2D eigenvalue weighted by molar-refractivity contribution is -0.114. The number of aromatic nitrogens is 2. The third-order valence-corrected chi connectivity index (χ3v) is 5.44. The first kappa shape index (κ1) is 26.4. The Labute approximate surface area is 212 Å². The van der Waals surface area contributed by atoms with Crippen molar-refractivity contribution < 1.29 is 23.9 Å². The lowest BCUT2D eigenvalue weighted by Crippen LogP contribution is -2.44. The van der Waals surface area contributed by atoms with Crippen molar-refractivity contribution in [2.45, 2.75) is 59.7 Å². The van der Waals surface area contributed by atoms with Gasteiger partial charge in [-0.05, 0) is 65.3 Å². The molecule has 3 aromatic rings. The molecule has 0 bridgehead atoms. The number of nitrogens with one attached hydrogen (secondary N) is 1. The van der Waals surface area contributed by atoms with E-state index < -0.39 is 23.4 Å². The summed E-state index contributed by atoms with van der Waals surface area (Å²) >= 11 is 7.66. The number of fused-ring (bicyclic) bond motifs is 1. The van der Waals surface area contributed by atoms with E-state index in [2.05, 4.69) is 15.3 Å². The summed E-state index contributed by atoms with van der Waals surface area (Å²) in [5.74, 6) is -0.208. The largest absolute Gasteiger partial charge is 0.443 e. The quantitative estimate of drug-likeness (QED) is 0.386. The van der Waals surface area contributed by atoms with Gasteiger partial charge in [0, 0.05) is 18.7 Å². The Bertz CT molecular complexity index is 1270. The average Bonchev–Trinajstić information content (AvgIpc) is 3.07. The molecule has 3 amide bonds. The molecule has 2 heterocycles. The van der Waals surface area contributed by atoms with Gasteiger partial charge in [0.2, 0.25) is 5.91 Å². The number of amides is 3. The number of anilines is 2. The number of thiazole rings is 1. The molecule has 0 aliphatic carbocycles.